The number of ether oxygens (including phenoxy) is 1. The van der Waals surface area contributed by atoms with Gasteiger partial charge in [0.05, 0.1) is 5.02 Å². The van der Waals surface area contributed by atoms with Crippen molar-refractivity contribution >= 4 is 51.7 Å². The van der Waals surface area contributed by atoms with E-state index in [2.05, 4.69) is 0 Å². The first kappa shape index (κ1) is 15.9. The third kappa shape index (κ3) is 3.34. The first-order valence-corrected chi connectivity index (χ1v) is 7.48. The summed E-state index contributed by atoms with van der Waals surface area (Å²) in [6.45, 7) is 0. The van der Waals surface area contributed by atoms with Gasteiger partial charge >= 0.3 is 11.6 Å². The highest BCUT2D eigenvalue weighted by Gasteiger charge is 2.17. The predicted molar refractivity (Wildman–Crippen MR) is 88.9 cm³/mol. The van der Waals surface area contributed by atoms with E-state index in [0.29, 0.717) is 21.0 Å². The molecule has 23 heavy (non-hydrogen) atoms. The summed E-state index contributed by atoms with van der Waals surface area (Å²) < 4.78 is 10.2. The molecule has 0 unspecified atom stereocenters. The van der Waals surface area contributed by atoms with Gasteiger partial charge in [0.25, 0.3) is 0 Å². The highest BCUT2D eigenvalue weighted by molar-refractivity contribution is 6.34. The van der Waals surface area contributed by atoms with E-state index in [0.717, 1.165) is 0 Å². The van der Waals surface area contributed by atoms with Gasteiger partial charge in [0.15, 0.2) is 5.75 Å². The van der Waals surface area contributed by atoms with Crippen molar-refractivity contribution in [3.8, 4) is 5.75 Å². The second-order valence-electron chi connectivity index (χ2n) is 4.59. The van der Waals surface area contributed by atoms with E-state index in [1.807, 2.05) is 0 Å². The lowest BCUT2D eigenvalue weighted by Gasteiger charge is -2.06. The van der Waals surface area contributed by atoms with Gasteiger partial charge < -0.3 is 9.15 Å². The Balaban J connectivity index is 2.02. The topological polar surface area (TPSA) is 56.5 Å². The molecule has 0 radical (unpaired) electrons. The zero-order valence-corrected chi connectivity index (χ0v) is 13.6. The van der Waals surface area contributed by atoms with Crippen LogP contribution in [0.5, 0.6) is 5.75 Å². The van der Waals surface area contributed by atoms with E-state index in [-0.39, 0.29) is 16.3 Å². The van der Waals surface area contributed by atoms with Crippen LogP contribution in [0.1, 0.15) is 10.4 Å². The van der Waals surface area contributed by atoms with Crippen molar-refractivity contribution in [3.05, 3.63) is 73.5 Å². The maximum atomic E-state index is 12.2. The smallest absolute Gasteiger partial charge is 0.351 e. The fraction of sp³-hybridized carbons (Fsp3) is 0. The number of benzene rings is 2. The Bertz CT molecular complexity index is 979. The first-order chi connectivity index (χ1) is 10.9. The second kappa shape index (κ2) is 6.24. The van der Waals surface area contributed by atoms with Crippen molar-refractivity contribution in [2.75, 3.05) is 0 Å². The van der Waals surface area contributed by atoms with Crippen LogP contribution in [0.2, 0.25) is 15.1 Å². The molecule has 0 saturated heterocycles. The number of fused-ring (bicyclic) bond motifs is 1. The number of halogens is 3. The van der Waals surface area contributed by atoms with Crippen LogP contribution in [0, 0.1) is 0 Å². The van der Waals surface area contributed by atoms with Crippen LogP contribution in [-0.4, -0.2) is 5.97 Å². The second-order valence-corrected chi connectivity index (χ2v) is 5.87. The van der Waals surface area contributed by atoms with Gasteiger partial charge in [-0.25, -0.2) is 9.59 Å². The number of hydrogen-bond acceptors (Lipinski definition) is 4. The molecule has 3 rings (SSSR count). The zero-order chi connectivity index (χ0) is 16.6. The molecule has 0 bridgehead atoms. The van der Waals surface area contributed by atoms with Crippen LogP contribution >= 0.6 is 34.8 Å². The Morgan fingerprint density at radius 3 is 2.43 bits per heavy atom. The van der Waals surface area contributed by atoms with Crippen LogP contribution in [0.3, 0.4) is 0 Å². The summed E-state index contributed by atoms with van der Waals surface area (Å²) in [4.78, 5) is 24.2. The molecule has 4 nitrogen and oxygen atoms in total. The third-order valence-corrected chi connectivity index (χ3v) is 3.79. The predicted octanol–water partition coefficient (Wildman–Crippen LogP) is 4.97. The first-order valence-electron chi connectivity index (χ1n) is 6.35. The fourth-order valence-electron chi connectivity index (χ4n) is 1.95. The van der Waals surface area contributed by atoms with Gasteiger partial charge in [0.2, 0.25) is 0 Å². The molecule has 3 aromatic rings. The lowest BCUT2D eigenvalue weighted by atomic mass is 10.2. The van der Waals surface area contributed by atoms with Gasteiger partial charge in [-0.2, -0.15) is 0 Å². The highest BCUT2D eigenvalue weighted by Crippen LogP contribution is 2.28. The maximum absolute atomic E-state index is 12.2. The minimum absolute atomic E-state index is 0.0507. The minimum Gasteiger partial charge on any atom is -0.422 e. The fourth-order valence-corrected chi connectivity index (χ4v) is 2.45. The van der Waals surface area contributed by atoms with E-state index in [4.69, 9.17) is 44.0 Å². The third-order valence-electron chi connectivity index (χ3n) is 3.01. The SMILES string of the molecule is O=C(Oc1cc(Cl)ccc1Cl)c1cc2cc(Cl)ccc2oc1=O. The van der Waals surface area contributed by atoms with Crippen molar-refractivity contribution in [1.82, 2.24) is 0 Å². The molecule has 0 aliphatic rings. The molecule has 0 N–H and O–H groups in total. The molecule has 0 saturated carbocycles. The molecule has 7 heteroatoms. The van der Waals surface area contributed by atoms with Gasteiger partial charge in [-0.15, -0.1) is 0 Å². The average Bonchev–Trinajstić information content (AvgIpc) is 2.50. The lowest BCUT2D eigenvalue weighted by molar-refractivity contribution is 0.0730. The average molecular weight is 370 g/mol. The quantitative estimate of drug-likeness (QED) is 0.363. The molecule has 0 aliphatic carbocycles. The van der Waals surface area contributed by atoms with E-state index in [1.54, 1.807) is 24.3 Å². The van der Waals surface area contributed by atoms with Crippen LogP contribution in [0.25, 0.3) is 11.0 Å². The molecule has 0 fully saturated rings. The number of hydrogen-bond donors (Lipinski definition) is 0. The number of esters is 1. The van der Waals surface area contributed by atoms with Gasteiger partial charge in [0, 0.05) is 21.5 Å². The van der Waals surface area contributed by atoms with Gasteiger partial charge in [-0.05, 0) is 36.4 Å². The van der Waals surface area contributed by atoms with Crippen molar-refractivity contribution in [2.45, 2.75) is 0 Å². The Kier molecular flexibility index (Phi) is 4.31. The lowest BCUT2D eigenvalue weighted by Crippen LogP contribution is -2.18. The summed E-state index contributed by atoms with van der Waals surface area (Å²) in [5, 5.41) is 1.48. The maximum Gasteiger partial charge on any atom is 0.351 e. The summed E-state index contributed by atoms with van der Waals surface area (Å²) in [5.74, 6) is -0.848. The molecule has 0 amide bonds. The van der Waals surface area contributed by atoms with Gasteiger partial charge in [0.1, 0.15) is 11.1 Å². The van der Waals surface area contributed by atoms with Crippen molar-refractivity contribution in [2.24, 2.45) is 0 Å². The van der Waals surface area contributed by atoms with E-state index >= 15 is 0 Å². The van der Waals surface area contributed by atoms with Crippen LogP contribution in [0.4, 0.5) is 0 Å². The number of rotatable bonds is 2. The molecule has 0 spiro atoms. The normalized spacial score (nSPS) is 10.7. The Hall–Kier alpha value is -2.01. The summed E-state index contributed by atoms with van der Waals surface area (Å²) in [7, 11) is 0. The monoisotopic (exact) mass is 368 g/mol. The van der Waals surface area contributed by atoms with Crippen LogP contribution in [-0.2, 0) is 0 Å². The standard InChI is InChI=1S/C16H7Cl3O4/c17-9-2-4-13-8(5-9)6-11(15(20)22-13)16(21)23-14-7-10(18)1-3-12(14)19/h1-7H. The van der Waals surface area contributed by atoms with Gasteiger partial charge in [-0.3, -0.25) is 0 Å². The molecule has 0 atom stereocenters. The summed E-state index contributed by atoms with van der Waals surface area (Å²) in [6.07, 6.45) is 0. The summed E-state index contributed by atoms with van der Waals surface area (Å²) in [5.41, 5.74) is -0.768. The molecule has 1 heterocycles. The van der Waals surface area contributed by atoms with Crippen LogP contribution in [0.15, 0.2) is 51.7 Å². The zero-order valence-electron chi connectivity index (χ0n) is 11.3. The summed E-state index contributed by atoms with van der Waals surface area (Å²) in [6, 6.07) is 10.5. The molecular weight excluding hydrogens is 363 g/mol. The Morgan fingerprint density at radius 2 is 1.65 bits per heavy atom. The molecular formula is C16H7Cl3O4. The highest BCUT2D eigenvalue weighted by atomic mass is 35.5. The van der Waals surface area contributed by atoms with Gasteiger partial charge in [-0.1, -0.05) is 34.8 Å². The van der Waals surface area contributed by atoms with E-state index in [9.17, 15) is 9.59 Å². The van der Waals surface area contributed by atoms with Crippen LogP contribution < -0.4 is 10.4 Å². The van der Waals surface area contributed by atoms with Crippen molar-refractivity contribution < 1.29 is 13.9 Å². The molecule has 116 valence electrons. The number of carbonyl (C=O) groups excluding carboxylic acids is 1. The van der Waals surface area contributed by atoms with Crippen molar-refractivity contribution in [3.63, 3.8) is 0 Å². The van der Waals surface area contributed by atoms with E-state index < -0.39 is 11.6 Å². The molecule has 2 aromatic carbocycles. The number of carbonyl (C=O) groups is 1. The Morgan fingerprint density at radius 1 is 0.957 bits per heavy atom. The minimum atomic E-state index is -0.898. The summed E-state index contributed by atoms with van der Waals surface area (Å²) >= 11 is 17.6. The van der Waals surface area contributed by atoms with Crippen molar-refractivity contribution in [1.29, 1.82) is 0 Å². The molecule has 0 aliphatic heterocycles. The van der Waals surface area contributed by atoms with E-state index in [1.165, 1.54) is 18.2 Å². The largest absolute Gasteiger partial charge is 0.422 e. The molecule has 1 aromatic heterocycles. The Labute approximate surface area is 145 Å².